The molecule has 1 atom stereocenters. The molecule has 4 rings (SSSR count). The van der Waals surface area contributed by atoms with E-state index >= 15 is 0 Å². The van der Waals surface area contributed by atoms with E-state index in [2.05, 4.69) is 10.3 Å². The van der Waals surface area contributed by atoms with Crippen molar-refractivity contribution in [2.45, 2.75) is 12.0 Å². The number of carbonyl (C=O) groups excluding carboxylic acids is 1. The molecule has 0 spiro atoms. The molecule has 1 heterocycles. The summed E-state index contributed by atoms with van der Waals surface area (Å²) in [6, 6.07) is 25.5. The van der Waals surface area contributed by atoms with Gasteiger partial charge in [0.1, 0.15) is 5.75 Å². The number of nitrogens with one attached hydrogen (secondary N) is 1. The van der Waals surface area contributed by atoms with Gasteiger partial charge in [-0.1, -0.05) is 72.8 Å². The Hall–Kier alpha value is -3.45. The third-order valence-electron chi connectivity index (χ3n) is 5.51. The Morgan fingerprint density at radius 3 is 1.94 bits per heavy atom. The summed E-state index contributed by atoms with van der Waals surface area (Å²) in [5.74, 6) is -0.765. The van der Waals surface area contributed by atoms with Crippen molar-refractivity contribution < 1.29 is 13.9 Å². The number of amides is 1. The summed E-state index contributed by atoms with van der Waals surface area (Å²) in [5, 5.41) is 2.88. The van der Waals surface area contributed by atoms with Crippen LogP contribution >= 0.6 is 24.8 Å². The van der Waals surface area contributed by atoms with E-state index in [1.165, 1.54) is 13.3 Å². The second-order valence-corrected chi connectivity index (χ2v) is 7.59. The van der Waals surface area contributed by atoms with Gasteiger partial charge >= 0.3 is 0 Å². The van der Waals surface area contributed by atoms with E-state index in [9.17, 15) is 9.18 Å². The number of halogens is 3. The minimum atomic E-state index is -0.813. The van der Waals surface area contributed by atoms with Gasteiger partial charge in [-0.05, 0) is 28.8 Å². The van der Waals surface area contributed by atoms with Crippen molar-refractivity contribution in [1.29, 1.82) is 0 Å². The predicted molar refractivity (Wildman–Crippen MR) is 142 cm³/mol. The van der Waals surface area contributed by atoms with Crippen molar-refractivity contribution in [2.75, 3.05) is 12.4 Å². The molecule has 0 aliphatic carbocycles. The Morgan fingerprint density at radius 2 is 1.43 bits per heavy atom. The number of aromatic nitrogens is 1. The molecule has 1 aromatic heterocycles. The molecule has 8 heteroatoms. The molecule has 0 aliphatic heterocycles. The third kappa shape index (κ3) is 6.36. The maximum Gasteiger partial charge on any atom is 0.242 e. The minimum absolute atomic E-state index is 0. The number of rotatable bonds is 7. The number of nitrogens with two attached hydrogens (primary N) is 1. The molecule has 0 unspecified atom stereocenters. The average Bonchev–Trinajstić information content (AvgIpc) is 2.86. The van der Waals surface area contributed by atoms with Crippen LogP contribution in [0.3, 0.4) is 0 Å². The van der Waals surface area contributed by atoms with Crippen LogP contribution < -0.4 is 15.8 Å². The molecule has 0 bridgehead atoms. The second-order valence-electron chi connectivity index (χ2n) is 7.59. The Balaban J connectivity index is 0.00000216. The van der Waals surface area contributed by atoms with Crippen LogP contribution in [0, 0.1) is 5.82 Å². The molecule has 0 saturated heterocycles. The largest absolute Gasteiger partial charge is 0.494 e. The zero-order valence-corrected chi connectivity index (χ0v) is 20.6. The molecule has 0 saturated carbocycles. The lowest BCUT2D eigenvalue weighted by Crippen LogP contribution is -2.41. The molecule has 0 aliphatic rings. The minimum Gasteiger partial charge on any atom is -0.494 e. The highest BCUT2D eigenvalue weighted by atomic mass is 35.5. The zero-order valence-electron chi connectivity index (χ0n) is 18.9. The molecular weight excluding hydrogens is 488 g/mol. The van der Waals surface area contributed by atoms with Crippen LogP contribution in [-0.2, 0) is 4.79 Å². The summed E-state index contributed by atoms with van der Waals surface area (Å²) in [4.78, 5) is 16.9. The summed E-state index contributed by atoms with van der Waals surface area (Å²) >= 11 is 0. The van der Waals surface area contributed by atoms with Gasteiger partial charge in [0.15, 0.2) is 5.82 Å². The standard InChI is InChI=1S/C27H24FN3O2.2ClH/c1-33-23-17-30-16-22(28)25(23)20-12-14-21(15-13-20)31-27(32)26(29)24(18-8-4-2-5-9-18)19-10-6-3-7-11-19;;/h2-17,24,26H,29H2,1H3,(H,31,32);2*1H/t26-;;/m0../s1. The number of carbonyl (C=O) groups is 1. The molecule has 4 aromatic rings. The number of nitrogens with zero attached hydrogens (tertiary/aromatic N) is 1. The molecule has 35 heavy (non-hydrogen) atoms. The highest BCUT2D eigenvalue weighted by Gasteiger charge is 2.27. The summed E-state index contributed by atoms with van der Waals surface area (Å²) in [5.41, 5.74) is 9.88. The second kappa shape index (κ2) is 12.9. The van der Waals surface area contributed by atoms with Gasteiger partial charge in [0.2, 0.25) is 5.91 Å². The van der Waals surface area contributed by atoms with Crippen LogP contribution in [0.15, 0.2) is 97.3 Å². The first-order chi connectivity index (χ1) is 16.1. The SMILES string of the molecule is COc1cncc(F)c1-c1ccc(NC(=O)[C@@H](N)C(c2ccccc2)c2ccccc2)cc1.Cl.Cl. The first-order valence-corrected chi connectivity index (χ1v) is 10.5. The van der Waals surface area contributed by atoms with Crippen molar-refractivity contribution in [2.24, 2.45) is 5.73 Å². The number of methoxy groups -OCH3 is 1. The first kappa shape index (κ1) is 27.8. The lowest BCUT2D eigenvalue weighted by molar-refractivity contribution is -0.117. The lowest BCUT2D eigenvalue weighted by atomic mass is 9.85. The van der Waals surface area contributed by atoms with Crippen molar-refractivity contribution in [3.63, 3.8) is 0 Å². The highest BCUT2D eigenvalue weighted by molar-refractivity contribution is 5.96. The fourth-order valence-corrected chi connectivity index (χ4v) is 3.88. The molecule has 182 valence electrons. The first-order valence-electron chi connectivity index (χ1n) is 10.5. The number of hydrogen-bond acceptors (Lipinski definition) is 4. The van der Waals surface area contributed by atoms with Gasteiger partial charge in [-0.25, -0.2) is 4.39 Å². The quantitative estimate of drug-likeness (QED) is 0.325. The molecule has 5 nitrogen and oxygen atoms in total. The molecule has 0 radical (unpaired) electrons. The maximum atomic E-state index is 14.3. The van der Waals surface area contributed by atoms with E-state index in [1.54, 1.807) is 24.3 Å². The van der Waals surface area contributed by atoms with E-state index < -0.39 is 11.9 Å². The predicted octanol–water partition coefficient (Wildman–Crippen LogP) is 5.84. The zero-order chi connectivity index (χ0) is 23.2. The van der Waals surface area contributed by atoms with Gasteiger partial charge in [0, 0.05) is 11.6 Å². The van der Waals surface area contributed by atoms with Crippen LogP contribution in [0.1, 0.15) is 17.0 Å². The Morgan fingerprint density at radius 1 is 0.886 bits per heavy atom. The molecular formula is C27H26Cl2FN3O2. The maximum absolute atomic E-state index is 14.3. The number of hydrogen-bond donors (Lipinski definition) is 2. The van der Waals surface area contributed by atoms with E-state index in [1.807, 2.05) is 60.7 Å². The summed E-state index contributed by atoms with van der Waals surface area (Å²) < 4.78 is 19.6. The Bertz CT molecular complexity index is 1190. The summed E-state index contributed by atoms with van der Waals surface area (Å²) in [7, 11) is 1.46. The average molecular weight is 514 g/mol. The Kier molecular flexibility index (Phi) is 10.2. The van der Waals surface area contributed by atoms with E-state index in [4.69, 9.17) is 10.5 Å². The normalized spacial score (nSPS) is 11.1. The molecule has 3 N–H and O–H groups in total. The molecule has 1 amide bonds. The number of benzene rings is 3. The third-order valence-corrected chi connectivity index (χ3v) is 5.51. The molecule has 0 fully saturated rings. The van der Waals surface area contributed by atoms with Crippen LogP contribution in [0.4, 0.5) is 10.1 Å². The van der Waals surface area contributed by atoms with Gasteiger partial charge < -0.3 is 15.8 Å². The van der Waals surface area contributed by atoms with Crippen LogP contribution in [0.5, 0.6) is 5.75 Å². The van der Waals surface area contributed by atoms with Crippen molar-refractivity contribution >= 4 is 36.4 Å². The van der Waals surface area contributed by atoms with Gasteiger partial charge in [0.05, 0.1) is 31.1 Å². The van der Waals surface area contributed by atoms with Crippen molar-refractivity contribution in [3.05, 3.63) is 114 Å². The van der Waals surface area contributed by atoms with Crippen LogP contribution in [0.2, 0.25) is 0 Å². The van der Waals surface area contributed by atoms with Crippen LogP contribution in [0.25, 0.3) is 11.1 Å². The van der Waals surface area contributed by atoms with E-state index in [0.717, 1.165) is 17.3 Å². The van der Waals surface area contributed by atoms with Crippen molar-refractivity contribution in [3.8, 4) is 16.9 Å². The van der Waals surface area contributed by atoms with Gasteiger partial charge in [-0.2, -0.15) is 0 Å². The van der Waals surface area contributed by atoms with Gasteiger partial charge in [0.25, 0.3) is 0 Å². The summed E-state index contributed by atoms with van der Waals surface area (Å²) in [6.07, 6.45) is 2.60. The topological polar surface area (TPSA) is 77.2 Å². The van der Waals surface area contributed by atoms with E-state index in [-0.39, 0.29) is 36.6 Å². The number of ether oxygens (including phenoxy) is 1. The Labute approximate surface area is 216 Å². The van der Waals surface area contributed by atoms with Crippen molar-refractivity contribution in [1.82, 2.24) is 4.98 Å². The van der Waals surface area contributed by atoms with E-state index in [0.29, 0.717) is 22.6 Å². The number of anilines is 1. The highest BCUT2D eigenvalue weighted by Crippen LogP contribution is 2.32. The summed E-state index contributed by atoms with van der Waals surface area (Å²) in [6.45, 7) is 0. The van der Waals surface area contributed by atoms with Gasteiger partial charge in [-0.3, -0.25) is 9.78 Å². The smallest absolute Gasteiger partial charge is 0.242 e. The van der Waals surface area contributed by atoms with Gasteiger partial charge in [-0.15, -0.1) is 24.8 Å². The fourth-order valence-electron chi connectivity index (χ4n) is 3.88. The number of pyridine rings is 1. The monoisotopic (exact) mass is 513 g/mol. The lowest BCUT2D eigenvalue weighted by Gasteiger charge is -2.24. The molecule has 3 aromatic carbocycles. The fraction of sp³-hybridized carbons (Fsp3) is 0.111. The van der Waals surface area contributed by atoms with Crippen LogP contribution in [-0.4, -0.2) is 24.0 Å².